The summed E-state index contributed by atoms with van der Waals surface area (Å²) in [4.78, 5) is 32.4. The monoisotopic (exact) mass is 430 g/mol. The quantitative estimate of drug-likeness (QED) is 0.748. The molecule has 0 saturated carbocycles. The van der Waals surface area contributed by atoms with E-state index in [1.54, 1.807) is 14.2 Å². The first kappa shape index (κ1) is 21.9. The van der Waals surface area contributed by atoms with Crippen molar-refractivity contribution >= 4 is 17.6 Å². The molecule has 1 aromatic rings. The number of ether oxygens (including phenoxy) is 2. The van der Waals surface area contributed by atoms with Crippen LogP contribution >= 0.6 is 0 Å². The van der Waals surface area contributed by atoms with Gasteiger partial charge >= 0.3 is 6.03 Å². The number of carbonyl (C=O) groups excluding carboxylic acids is 2. The summed E-state index contributed by atoms with van der Waals surface area (Å²) in [7, 11) is 3.33. The van der Waals surface area contributed by atoms with Gasteiger partial charge in [-0.25, -0.2) is 4.79 Å². The lowest BCUT2D eigenvalue weighted by molar-refractivity contribution is -0.135. The van der Waals surface area contributed by atoms with Crippen molar-refractivity contribution < 1.29 is 19.1 Å². The standard InChI is InChI=1S/C23H34N4O4/c1-4-27-21(28)19-15-25(12-13-30-2)16-20(19)23(27)8-10-26(11-9-23)22(29)24-17-6-5-7-18(14-17)31-3/h5-7,14,19-20H,4,8-13,15-16H2,1-3H3,(H,24,29)/t19-,20+/m1/s1. The fraction of sp³-hybridized carbons (Fsp3) is 0.652. The highest BCUT2D eigenvalue weighted by atomic mass is 16.5. The van der Waals surface area contributed by atoms with Crippen LogP contribution in [0.4, 0.5) is 10.5 Å². The van der Waals surface area contributed by atoms with E-state index in [4.69, 9.17) is 9.47 Å². The van der Waals surface area contributed by atoms with Crippen molar-refractivity contribution in [3.8, 4) is 5.75 Å². The minimum absolute atomic E-state index is 0.0777. The average Bonchev–Trinajstić information content (AvgIpc) is 3.30. The number of hydrogen-bond acceptors (Lipinski definition) is 5. The molecular weight excluding hydrogens is 396 g/mol. The number of urea groups is 1. The lowest BCUT2D eigenvalue weighted by Gasteiger charge is -2.47. The summed E-state index contributed by atoms with van der Waals surface area (Å²) in [6, 6.07) is 7.29. The second-order valence-electron chi connectivity index (χ2n) is 8.80. The number of nitrogens with zero attached hydrogens (tertiary/aromatic N) is 3. The largest absolute Gasteiger partial charge is 0.497 e. The van der Waals surface area contributed by atoms with E-state index in [1.165, 1.54) is 0 Å². The summed E-state index contributed by atoms with van der Waals surface area (Å²) in [5.74, 6) is 1.42. The van der Waals surface area contributed by atoms with Crippen molar-refractivity contribution in [2.45, 2.75) is 25.3 Å². The fourth-order valence-corrected chi connectivity index (χ4v) is 5.81. The maximum absolute atomic E-state index is 13.2. The van der Waals surface area contributed by atoms with Crippen molar-refractivity contribution in [2.75, 3.05) is 65.4 Å². The molecule has 3 aliphatic heterocycles. The van der Waals surface area contributed by atoms with Crippen LogP contribution in [-0.4, -0.2) is 92.3 Å². The first-order chi connectivity index (χ1) is 15.0. The Morgan fingerprint density at radius 2 is 2.00 bits per heavy atom. The van der Waals surface area contributed by atoms with E-state index in [2.05, 4.69) is 22.0 Å². The molecule has 1 N–H and O–H groups in total. The molecule has 3 fully saturated rings. The van der Waals surface area contributed by atoms with Gasteiger partial charge < -0.3 is 24.6 Å². The third-order valence-corrected chi connectivity index (χ3v) is 7.37. The number of hydrogen-bond donors (Lipinski definition) is 1. The highest BCUT2D eigenvalue weighted by molar-refractivity contribution is 5.90. The summed E-state index contributed by atoms with van der Waals surface area (Å²) >= 11 is 0. The number of rotatable bonds is 6. The highest BCUT2D eigenvalue weighted by Gasteiger charge is 2.61. The van der Waals surface area contributed by atoms with E-state index in [0.717, 1.165) is 44.7 Å². The Morgan fingerprint density at radius 3 is 2.68 bits per heavy atom. The number of carbonyl (C=O) groups is 2. The molecule has 3 saturated heterocycles. The smallest absolute Gasteiger partial charge is 0.321 e. The van der Waals surface area contributed by atoms with Crippen molar-refractivity contribution in [3.05, 3.63) is 24.3 Å². The van der Waals surface area contributed by atoms with Gasteiger partial charge in [0.25, 0.3) is 0 Å². The molecule has 0 aromatic heterocycles. The number of anilines is 1. The van der Waals surface area contributed by atoms with Crippen LogP contribution in [0, 0.1) is 11.8 Å². The van der Waals surface area contributed by atoms with Crippen LogP contribution in [0.15, 0.2) is 24.3 Å². The Morgan fingerprint density at radius 1 is 1.23 bits per heavy atom. The van der Waals surface area contributed by atoms with Crippen molar-refractivity contribution in [1.82, 2.24) is 14.7 Å². The summed E-state index contributed by atoms with van der Waals surface area (Å²) in [5.41, 5.74) is 0.589. The van der Waals surface area contributed by atoms with E-state index < -0.39 is 0 Å². The first-order valence-corrected chi connectivity index (χ1v) is 11.2. The molecule has 3 heterocycles. The zero-order valence-electron chi connectivity index (χ0n) is 18.8. The predicted molar refractivity (Wildman–Crippen MR) is 118 cm³/mol. The minimum Gasteiger partial charge on any atom is -0.497 e. The molecule has 8 heteroatoms. The second kappa shape index (κ2) is 9.04. The number of benzene rings is 1. The maximum atomic E-state index is 13.2. The highest BCUT2D eigenvalue weighted by Crippen LogP contribution is 2.49. The topological polar surface area (TPSA) is 74.4 Å². The van der Waals surface area contributed by atoms with Crippen LogP contribution in [0.1, 0.15) is 19.8 Å². The summed E-state index contributed by atoms with van der Waals surface area (Å²) in [5, 5.41) is 2.98. The van der Waals surface area contributed by atoms with Gasteiger partial charge in [-0.1, -0.05) is 6.07 Å². The van der Waals surface area contributed by atoms with Crippen LogP contribution in [0.5, 0.6) is 5.75 Å². The van der Waals surface area contributed by atoms with Crippen LogP contribution in [-0.2, 0) is 9.53 Å². The van der Waals surface area contributed by atoms with E-state index in [9.17, 15) is 9.59 Å². The lowest BCUT2D eigenvalue weighted by Crippen LogP contribution is -2.58. The third-order valence-electron chi connectivity index (χ3n) is 7.37. The predicted octanol–water partition coefficient (Wildman–Crippen LogP) is 2.12. The molecule has 3 aliphatic rings. The molecule has 3 amide bonds. The molecule has 0 unspecified atom stereocenters. The van der Waals surface area contributed by atoms with Crippen LogP contribution < -0.4 is 10.1 Å². The molecule has 0 aliphatic carbocycles. The Labute approximate surface area is 184 Å². The molecule has 0 bridgehead atoms. The maximum Gasteiger partial charge on any atom is 0.321 e. The van der Waals surface area contributed by atoms with Crippen molar-refractivity contribution in [1.29, 1.82) is 0 Å². The molecule has 0 radical (unpaired) electrons. The van der Waals surface area contributed by atoms with Gasteiger partial charge in [0.15, 0.2) is 0 Å². The number of nitrogens with one attached hydrogen (secondary N) is 1. The van der Waals surface area contributed by atoms with Crippen molar-refractivity contribution in [3.63, 3.8) is 0 Å². The van der Waals surface area contributed by atoms with E-state index in [0.29, 0.717) is 37.3 Å². The van der Waals surface area contributed by atoms with Gasteiger partial charge in [0.2, 0.25) is 5.91 Å². The first-order valence-electron chi connectivity index (χ1n) is 11.2. The fourth-order valence-electron chi connectivity index (χ4n) is 5.81. The van der Waals surface area contributed by atoms with Gasteiger partial charge in [-0.3, -0.25) is 9.69 Å². The second-order valence-corrected chi connectivity index (χ2v) is 8.80. The SMILES string of the molecule is CCN1C(=O)[C@@H]2CN(CCOC)C[C@@H]2C12CCN(C(=O)Nc1cccc(OC)c1)CC2. The van der Waals surface area contributed by atoms with E-state index in [-0.39, 0.29) is 17.5 Å². The normalized spacial score (nSPS) is 25.2. The average molecular weight is 431 g/mol. The summed E-state index contributed by atoms with van der Waals surface area (Å²) in [6.07, 6.45) is 1.66. The molecule has 2 atom stereocenters. The third kappa shape index (κ3) is 3.99. The summed E-state index contributed by atoms with van der Waals surface area (Å²) < 4.78 is 10.5. The van der Waals surface area contributed by atoms with Crippen molar-refractivity contribution in [2.24, 2.45) is 11.8 Å². The number of likely N-dealkylation sites (tertiary alicyclic amines) is 3. The van der Waals surface area contributed by atoms with Crippen LogP contribution in [0.25, 0.3) is 0 Å². The molecule has 1 aromatic carbocycles. The van der Waals surface area contributed by atoms with E-state index in [1.807, 2.05) is 29.2 Å². The lowest BCUT2D eigenvalue weighted by atomic mass is 9.75. The Kier molecular flexibility index (Phi) is 6.39. The molecule has 170 valence electrons. The van der Waals surface area contributed by atoms with Crippen LogP contribution in [0.2, 0.25) is 0 Å². The zero-order chi connectivity index (χ0) is 22.0. The van der Waals surface area contributed by atoms with Gasteiger partial charge in [0, 0.05) is 64.0 Å². The molecule has 4 rings (SSSR count). The molecule has 31 heavy (non-hydrogen) atoms. The van der Waals surface area contributed by atoms with Gasteiger partial charge in [-0.2, -0.15) is 0 Å². The number of amides is 3. The Hall–Kier alpha value is -2.32. The minimum atomic E-state index is -0.134. The van der Waals surface area contributed by atoms with Gasteiger partial charge in [-0.05, 0) is 31.9 Å². The Bertz CT molecular complexity index is 809. The van der Waals surface area contributed by atoms with Gasteiger partial charge in [0.1, 0.15) is 5.75 Å². The summed E-state index contributed by atoms with van der Waals surface area (Å²) in [6.45, 7) is 7.44. The Balaban J connectivity index is 1.42. The zero-order valence-corrected chi connectivity index (χ0v) is 18.8. The molecule has 8 nitrogen and oxygen atoms in total. The van der Waals surface area contributed by atoms with E-state index >= 15 is 0 Å². The van der Waals surface area contributed by atoms with Gasteiger partial charge in [0.05, 0.1) is 25.2 Å². The number of methoxy groups -OCH3 is 2. The number of fused-ring (bicyclic) bond motifs is 2. The molecule has 1 spiro atoms. The van der Waals surface area contributed by atoms with Gasteiger partial charge in [-0.15, -0.1) is 0 Å². The molecular formula is C23H34N4O4. The van der Waals surface area contributed by atoms with Crippen LogP contribution in [0.3, 0.4) is 0 Å². The number of piperidine rings is 1.